The molecule has 2 fully saturated rings. The van der Waals surface area contributed by atoms with Crippen molar-refractivity contribution in [1.29, 1.82) is 0 Å². The van der Waals surface area contributed by atoms with Crippen LogP contribution in [-0.4, -0.2) is 56.4 Å². The fraction of sp³-hybridized carbons (Fsp3) is 0.647. The highest BCUT2D eigenvalue weighted by Gasteiger charge is 2.38. The van der Waals surface area contributed by atoms with Crippen molar-refractivity contribution in [3.8, 4) is 0 Å². The van der Waals surface area contributed by atoms with E-state index in [9.17, 15) is 0 Å². The molecule has 4 nitrogen and oxygen atoms in total. The van der Waals surface area contributed by atoms with Crippen LogP contribution in [0.15, 0.2) is 24.3 Å². The van der Waals surface area contributed by atoms with Gasteiger partial charge in [0.15, 0.2) is 0 Å². The number of nitrogens with zero attached hydrogens (tertiary/aromatic N) is 2. The van der Waals surface area contributed by atoms with Crippen molar-refractivity contribution in [3.05, 3.63) is 29.8 Å². The number of aryl methyl sites for hydroxylation is 1. The summed E-state index contributed by atoms with van der Waals surface area (Å²) in [6, 6.07) is 8.79. The Balaban J connectivity index is 1.64. The number of rotatable bonds is 3. The quantitative estimate of drug-likeness (QED) is 0.918. The summed E-state index contributed by atoms with van der Waals surface area (Å²) < 4.78 is 5.72. The van der Waals surface area contributed by atoms with E-state index in [0.717, 1.165) is 45.8 Å². The first kappa shape index (κ1) is 14.8. The number of piperazine rings is 1. The smallest absolute Gasteiger partial charge is 0.0662 e. The zero-order valence-corrected chi connectivity index (χ0v) is 13.1. The first-order chi connectivity index (χ1) is 10.2. The molecule has 0 spiro atoms. The van der Waals surface area contributed by atoms with E-state index in [0.29, 0.717) is 6.54 Å². The highest BCUT2D eigenvalue weighted by atomic mass is 16.5. The van der Waals surface area contributed by atoms with E-state index in [-0.39, 0.29) is 5.54 Å². The van der Waals surface area contributed by atoms with E-state index in [1.165, 1.54) is 17.7 Å². The van der Waals surface area contributed by atoms with Crippen LogP contribution in [0.25, 0.3) is 0 Å². The summed E-state index contributed by atoms with van der Waals surface area (Å²) in [5, 5.41) is 0. The summed E-state index contributed by atoms with van der Waals surface area (Å²) in [5.41, 5.74) is 8.85. The van der Waals surface area contributed by atoms with Crippen LogP contribution in [0.3, 0.4) is 0 Å². The number of hydrogen-bond donors (Lipinski definition) is 1. The van der Waals surface area contributed by atoms with Crippen LogP contribution in [-0.2, 0) is 4.74 Å². The molecule has 0 bridgehead atoms. The van der Waals surface area contributed by atoms with Crippen LogP contribution in [0.4, 0.5) is 5.69 Å². The molecule has 116 valence electrons. The first-order valence-corrected chi connectivity index (χ1v) is 8.08. The molecular weight excluding hydrogens is 262 g/mol. The van der Waals surface area contributed by atoms with Gasteiger partial charge in [0.25, 0.3) is 0 Å². The van der Waals surface area contributed by atoms with Crippen LogP contribution in [0.2, 0.25) is 0 Å². The molecule has 2 aliphatic rings. The molecule has 1 aromatic carbocycles. The first-order valence-electron chi connectivity index (χ1n) is 8.08. The second-order valence-electron chi connectivity index (χ2n) is 6.40. The third-order valence-electron chi connectivity index (χ3n) is 5.00. The Hall–Kier alpha value is -1.10. The molecule has 0 aliphatic carbocycles. The minimum atomic E-state index is 0.0803. The predicted molar refractivity (Wildman–Crippen MR) is 86.8 cm³/mol. The van der Waals surface area contributed by atoms with Gasteiger partial charge >= 0.3 is 0 Å². The monoisotopic (exact) mass is 289 g/mol. The molecule has 0 amide bonds. The average Bonchev–Trinajstić information content (AvgIpc) is 2.56. The largest absolute Gasteiger partial charge is 0.379 e. The SMILES string of the molecule is Cc1cccc(N2CCN(C3(CN)CCCOC3)CC2)c1. The maximum atomic E-state index is 6.10. The van der Waals surface area contributed by atoms with Crippen molar-refractivity contribution in [2.24, 2.45) is 5.73 Å². The van der Waals surface area contributed by atoms with Gasteiger partial charge in [-0.2, -0.15) is 0 Å². The van der Waals surface area contributed by atoms with Gasteiger partial charge in [0.2, 0.25) is 0 Å². The highest BCUT2D eigenvalue weighted by molar-refractivity contribution is 5.48. The standard InChI is InChI=1S/C17H27N3O/c1-15-4-2-5-16(12-15)19-7-9-20(10-8-19)17(13-18)6-3-11-21-14-17/h2,4-5,12H,3,6-11,13-14,18H2,1H3. The van der Waals surface area contributed by atoms with E-state index >= 15 is 0 Å². The Kier molecular flexibility index (Phi) is 4.48. The molecule has 21 heavy (non-hydrogen) atoms. The summed E-state index contributed by atoms with van der Waals surface area (Å²) in [4.78, 5) is 5.05. The topological polar surface area (TPSA) is 41.7 Å². The van der Waals surface area contributed by atoms with Gasteiger partial charge in [0.05, 0.1) is 12.1 Å². The Labute approximate surface area is 127 Å². The third-order valence-corrected chi connectivity index (χ3v) is 5.00. The van der Waals surface area contributed by atoms with E-state index < -0.39 is 0 Å². The van der Waals surface area contributed by atoms with Crippen LogP contribution in [0, 0.1) is 6.92 Å². The van der Waals surface area contributed by atoms with Gasteiger partial charge in [-0.25, -0.2) is 0 Å². The fourth-order valence-electron chi connectivity index (χ4n) is 3.64. The second-order valence-corrected chi connectivity index (χ2v) is 6.40. The number of anilines is 1. The minimum absolute atomic E-state index is 0.0803. The van der Waals surface area contributed by atoms with Gasteiger partial charge in [0, 0.05) is 45.0 Å². The Morgan fingerprint density at radius 2 is 2.05 bits per heavy atom. The molecule has 1 unspecified atom stereocenters. The second kappa shape index (κ2) is 6.34. The summed E-state index contributed by atoms with van der Waals surface area (Å²) in [6.45, 7) is 8.86. The lowest BCUT2D eigenvalue weighted by molar-refractivity contribution is -0.0468. The fourth-order valence-corrected chi connectivity index (χ4v) is 3.64. The summed E-state index contributed by atoms with van der Waals surface area (Å²) >= 11 is 0. The molecule has 0 aromatic heterocycles. The van der Waals surface area contributed by atoms with Crippen molar-refractivity contribution in [2.45, 2.75) is 25.3 Å². The average molecular weight is 289 g/mol. The van der Waals surface area contributed by atoms with Gasteiger partial charge < -0.3 is 15.4 Å². The van der Waals surface area contributed by atoms with Crippen molar-refractivity contribution < 1.29 is 4.74 Å². The normalized spacial score (nSPS) is 27.8. The summed E-state index contributed by atoms with van der Waals surface area (Å²) in [6.07, 6.45) is 2.31. The lowest BCUT2D eigenvalue weighted by Crippen LogP contribution is -2.63. The van der Waals surface area contributed by atoms with Crippen molar-refractivity contribution in [1.82, 2.24) is 4.90 Å². The number of nitrogens with two attached hydrogens (primary N) is 1. The van der Waals surface area contributed by atoms with Crippen molar-refractivity contribution in [2.75, 3.05) is 50.8 Å². The number of benzene rings is 1. The Morgan fingerprint density at radius 3 is 2.67 bits per heavy atom. The lowest BCUT2D eigenvalue weighted by atomic mass is 9.89. The zero-order valence-electron chi connectivity index (χ0n) is 13.1. The van der Waals surface area contributed by atoms with Gasteiger partial charge in [-0.05, 0) is 37.5 Å². The van der Waals surface area contributed by atoms with Gasteiger partial charge in [-0.15, -0.1) is 0 Å². The molecule has 2 heterocycles. The zero-order chi connectivity index (χ0) is 14.7. The molecule has 3 rings (SSSR count). The van der Waals surface area contributed by atoms with Crippen molar-refractivity contribution >= 4 is 5.69 Å². The molecule has 4 heteroatoms. The van der Waals surface area contributed by atoms with E-state index in [4.69, 9.17) is 10.5 Å². The number of ether oxygens (including phenoxy) is 1. The molecule has 0 saturated carbocycles. The van der Waals surface area contributed by atoms with Crippen molar-refractivity contribution in [3.63, 3.8) is 0 Å². The lowest BCUT2D eigenvalue weighted by Gasteiger charge is -2.49. The molecule has 2 saturated heterocycles. The molecular formula is C17H27N3O. The molecule has 2 aliphatic heterocycles. The third kappa shape index (κ3) is 3.07. The van der Waals surface area contributed by atoms with Gasteiger partial charge in [-0.1, -0.05) is 12.1 Å². The van der Waals surface area contributed by atoms with E-state index in [1.807, 2.05) is 0 Å². The molecule has 2 N–H and O–H groups in total. The van der Waals surface area contributed by atoms with Gasteiger partial charge in [0.1, 0.15) is 0 Å². The van der Waals surface area contributed by atoms with Crippen LogP contribution < -0.4 is 10.6 Å². The number of hydrogen-bond acceptors (Lipinski definition) is 4. The summed E-state index contributed by atoms with van der Waals surface area (Å²) in [7, 11) is 0. The molecule has 1 atom stereocenters. The summed E-state index contributed by atoms with van der Waals surface area (Å²) in [5.74, 6) is 0. The maximum Gasteiger partial charge on any atom is 0.0662 e. The van der Waals surface area contributed by atoms with E-state index in [1.54, 1.807) is 0 Å². The Morgan fingerprint density at radius 1 is 1.24 bits per heavy atom. The van der Waals surface area contributed by atoms with Crippen LogP contribution in [0.5, 0.6) is 0 Å². The van der Waals surface area contributed by atoms with Crippen LogP contribution in [0.1, 0.15) is 18.4 Å². The molecule has 0 radical (unpaired) electrons. The minimum Gasteiger partial charge on any atom is -0.379 e. The maximum absolute atomic E-state index is 6.10. The Bertz CT molecular complexity index is 463. The highest BCUT2D eigenvalue weighted by Crippen LogP contribution is 2.28. The van der Waals surface area contributed by atoms with E-state index in [2.05, 4.69) is 41.0 Å². The van der Waals surface area contributed by atoms with Crippen LogP contribution >= 0.6 is 0 Å². The predicted octanol–water partition coefficient (Wildman–Crippen LogP) is 1.62. The molecule has 1 aromatic rings. The van der Waals surface area contributed by atoms with Gasteiger partial charge in [-0.3, -0.25) is 4.90 Å².